The van der Waals surface area contributed by atoms with E-state index in [4.69, 9.17) is 11.6 Å². The SMILES string of the molecule is Cc1ccc(NC(=O)Nc2ccc(F)c(Br)c2)cc1Cl. The van der Waals surface area contributed by atoms with Gasteiger partial charge in [0.1, 0.15) is 5.82 Å². The second-order valence-corrected chi connectivity index (χ2v) is 5.43. The highest BCUT2D eigenvalue weighted by Gasteiger charge is 2.06. The summed E-state index contributed by atoms with van der Waals surface area (Å²) in [6.07, 6.45) is 0. The molecule has 0 bridgehead atoms. The Morgan fingerprint density at radius 3 is 2.35 bits per heavy atom. The molecule has 0 saturated carbocycles. The molecule has 20 heavy (non-hydrogen) atoms. The molecule has 0 spiro atoms. The fraction of sp³-hybridized carbons (Fsp3) is 0.0714. The summed E-state index contributed by atoms with van der Waals surface area (Å²) in [5.74, 6) is -0.388. The lowest BCUT2D eigenvalue weighted by Gasteiger charge is -2.09. The van der Waals surface area contributed by atoms with Gasteiger partial charge in [0.15, 0.2) is 0 Å². The van der Waals surface area contributed by atoms with Gasteiger partial charge in [0.05, 0.1) is 4.47 Å². The lowest BCUT2D eigenvalue weighted by molar-refractivity contribution is 0.262. The first kappa shape index (κ1) is 14.8. The molecule has 2 rings (SSSR count). The molecule has 0 saturated heterocycles. The van der Waals surface area contributed by atoms with E-state index < -0.39 is 6.03 Å². The van der Waals surface area contributed by atoms with Gasteiger partial charge in [0.2, 0.25) is 0 Å². The molecule has 0 radical (unpaired) electrons. The van der Waals surface area contributed by atoms with Gasteiger partial charge in [-0.1, -0.05) is 17.7 Å². The molecule has 6 heteroatoms. The number of carbonyl (C=O) groups is 1. The Morgan fingerprint density at radius 1 is 1.15 bits per heavy atom. The largest absolute Gasteiger partial charge is 0.323 e. The zero-order chi connectivity index (χ0) is 14.7. The smallest absolute Gasteiger partial charge is 0.308 e. The summed E-state index contributed by atoms with van der Waals surface area (Å²) in [5.41, 5.74) is 1.99. The van der Waals surface area contributed by atoms with Crippen molar-refractivity contribution in [1.82, 2.24) is 0 Å². The van der Waals surface area contributed by atoms with Crippen molar-refractivity contribution in [3.8, 4) is 0 Å². The van der Waals surface area contributed by atoms with E-state index in [1.165, 1.54) is 18.2 Å². The average molecular weight is 358 g/mol. The van der Waals surface area contributed by atoms with Gasteiger partial charge in [-0.25, -0.2) is 9.18 Å². The summed E-state index contributed by atoms with van der Waals surface area (Å²) in [4.78, 5) is 11.8. The molecule has 104 valence electrons. The fourth-order valence-corrected chi connectivity index (χ4v) is 2.10. The Bertz CT molecular complexity index is 608. The molecule has 2 aromatic carbocycles. The third kappa shape index (κ3) is 3.71. The number of hydrogen-bond donors (Lipinski definition) is 2. The zero-order valence-electron chi connectivity index (χ0n) is 10.5. The number of anilines is 2. The number of hydrogen-bond acceptors (Lipinski definition) is 1. The Balaban J connectivity index is 2.04. The van der Waals surface area contributed by atoms with Crippen molar-refractivity contribution >= 4 is 44.9 Å². The molecular weight excluding hydrogens is 347 g/mol. The number of aryl methyl sites for hydroxylation is 1. The Labute approximate surface area is 129 Å². The molecule has 0 unspecified atom stereocenters. The minimum atomic E-state index is -0.427. The predicted molar refractivity (Wildman–Crippen MR) is 82.9 cm³/mol. The molecule has 2 aromatic rings. The van der Waals surface area contributed by atoms with Gasteiger partial charge in [0.25, 0.3) is 0 Å². The van der Waals surface area contributed by atoms with Crippen LogP contribution in [-0.4, -0.2) is 6.03 Å². The van der Waals surface area contributed by atoms with Crippen LogP contribution in [-0.2, 0) is 0 Å². The van der Waals surface area contributed by atoms with E-state index >= 15 is 0 Å². The summed E-state index contributed by atoms with van der Waals surface area (Å²) < 4.78 is 13.4. The van der Waals surface area contributed by atoms with Crippen LogP contribution in [0.15, 0.2) is 40.9 Å². The first-order valence-electron chi connectivity index (χ1n) is 5.75. The second kappa shape index (κ2) is 6.24. The zero-order valence-corrected chi connectivity index (χ0v) is 12.8. The highest BCUT2D eigenvalue weighted by Crippen LogP contribution is 2.22. The first-order chi connectivity index (χ1) is 9.45. The van der Waals surface area contributed by atoms with Crippen LogP contribution in [0, 0.1) is 12.7 Å². The maximum Gasteiger partial charge on any atom is 0.323 e. The maximum absolute atomic E-state index is 13.1. The van der Waals surface area contributed by atoms with Crippen LogP contribution in [0.5, 0.6) is 0 Å². The summed E-state index contributed by atoms with van der Waals surface area (Å²) in [5, 5.41) is 5.83. The molecule has 0 atom stereocenters. The number of benzene rings is 2. The number of halogens is 3. The Hall–Kier alpha value is -1.59. The number of urea groups is 1. The average Bonchev–Trinajstić information content (AvgIpc) is 2.38. The van der Waals surface area contributed by atoms with Crippen LogP contribution in [0.3, 0.4) is 0 Å². The quantitative estimate of drug-likeness (QED) is 0.762. The molecule has 3 nitrogen and oxygen atoms in total. The topological polar surface area (TPSA) is 41.1 Å². The molecule has 0 aliphatic rings. The highest BCUT2D eigenvalue weighted by molar-refractivity contribution is 9.10. The van der Waals surface area contributed by atoms with E-state index in [-0.39, 0.29) is 10.3 Å². The minimum absolute atomic E-state index is 0.286. The lowest BCUT2D eigenvalue weighted by Crippen LogP contribution is -2.19. The van der Waals surface area contributed by atoms with E-state index in [2.05, 4.69) is 26.6 Å². The van der Waals surface area contributed by atoms with Gasteiger partial charge in [0, 0.05) is 16.4 Å². The molecule has 0 aliphatic carbocycles. The van der Waals surface area contributed by atoms with Crippen molar-refractivity contribution in [1.29, 1.82) is 0 Å². The molecule has 2 N–H and O–H groups in total. The molecule has 0 fully saturated rings. The third-order valence-electron chi connectivity index (χ3n) is 2.61. The van der Waals surface area contributed by atoms with Crippen molar-refractivity contribution in [2.24, 2.45) is 0 Å². The minimum Gasteiger partial charge on any atom is -0.308 e. The van der Waals surface area contributed by atoms with Crippen LogP contribution >= 0.6 is 27.5 Å². The lowest BCUT2D eigenvalue weighted by atomic mass is 10.2. The number of amides is 2. The molecule has 0 heterocycles. The maximum atomic E-state index is 13.1. The van der Waals surface area contributed by atoms with E-state index in [0.717, 1.165) is 5.56 Å². The van der Waals surface area contributed by atoms with Crippen LogP contribution in [0.25, 0.3) is 0 Å². The molecule has 0 aromatic heterocycles. The second-order valence-electron chi connectivity index (χ2n) is 4.17. The van der Waals surface area contributed by atoms with Crippen molar-refractivity contribution in [2.45, 2.75) is 6.92 Å². The van der Waals surface area contributed by atoms with Crippen molar-refractivity contribution in [3.05, 3.63) is 57.3 Å². The molecule has 2 amide bonds. The summed E-state index contributed by atoms with van der Waals surface area (Å²) >= 11 is 9.03. The third-order valence-corrected chi connectivity index (χ3v) is 3.62. The molecule has 0 aliphatic heterocycles. The predicted octanol–water partition coefficient (Wildman–Crippen LogP) is 5.19. The molecular formula is C14H11BrClFN2O. The highest BCUT2D eigenvalue weighted by atomic mass is 79.9. The first-order valence-corrected chi connectivity index (χ1v) is 6.92. The van der Waals surface area contributed by atoms with Crippen LogP contribution in [0.4, 0.5) is 20.6 Å². The number of carbonyl (C=O) groups excluding carboxylic acids is 1. The Morgan fingerprint density at radius 2 is 1.75 bits per heavy atom. The standard InChI is InChI=1S/C14H11BrClFN2O/c1-8-2-3-10(7-12(8)16)19-14(20)18-9-4-5-13(17)11(15)6-9/h2-7H,1H3,(H2,18,19,20). The monoisotopic (exact) mass is 356 g/mol. The Kier molecular flexibility index (Phi) is 4.62. The van der Waals surface area contributed by atoms with Gasteiger partial charge < -0.3 is 10.6 Å². The van der Waals surface area contributed by atoms with Crippen molar-refractivity contribution in [3.63, 3.8) is 0 Å². The summed E-state index contributed by atoms with van der Waals surface area (Å²) in [7, 11) is 0. The summed E-state index contributed by atoms with van der Waals surface area (Å²) in [6, 6.07) is 9.02. The van der Waals surface area contributed by atoms with Gasteiger partial charge in [-0.05, 0) is 58.7 Å². The van der Waals surface area contributed by atoms with Gasteiger partial charge in [-0.3, -0.25) is 0 Å². The number of nitrogens with one attached hydrogen (secondary N) is 2. The summed E-state index contributed by atoms with van der Waals surface area (Å²) in [6.45, 7) is 1.88. The van der Waals surface area contributed by atoms with Crippen LogP contribution in [0.1, 0.15) is 5.56 Å². The van der Waals surface area contributed by atoms with Crippen LogP contribution in [0.2, 0.25) is 5.02 Å². The van der Waals surface area contributed by atoms with Gasteiger partial charge in [-0.2, -0.15) is 0 Å². The fourth-order valence-electron chi connectivity index (χ4n) is 1.54. The van der Waals surface area contributed by atoms with Crippen LogP contribution < -0.4 is 10.6 Å². The van der Waals surface area contributed by atoms with Gasteiger partial charge >= 0.3 is 6.03 Å². The normalized spacial score (nSPS) is 10.2. The number of rotatable bonds is 2. The van der Waals surface area contributed by atoms with Crippen molar-refractivity contribution < 1.29 is 9.18 Å². The van der Waals surface area contributed by atoms with E-state index in [9.17, 15) is 9.18 Å². The van der Waals surface area contributed by atoms with E-state index in [1.807, 2.05) is 13.0 Å². The van der Waals surface area contributed by atoms with Gasteiger partial charge in [-0.15, -0.1) is 0 Å². The van der Waals surface area contributed by atoms with E-state index in [1.54, 1.807) is 12.1 Å². The van der Waals surface area contributed by atoms with E-state index in [0.29, 0.717) is 16.4 Å². The van der Waals surface area contributed by atoms with Crippen molar-refractivity contribution in [2.75, 3.05) is 10.6 Å².